The number of allylic oxidation sites excluding steroid dienone is 1. The molecule has 8 nitrogen and oxygen atoms in total. The number of esters is 1. The van der Waals surface area contributed by atoms with Crippen LogP contribution in [0.15, 0.2) is 48.2 Å². The van der Waals surface area contributed by atoms with E-state index in [1.54, 1.807) is 24.3 Å². The average molecular weight is 399 g/mol. The van der Waals surface area contributed by atoms with Crippen LogP contribution in [0.5, 0.6) is 0 Å². The first-order chi connectivity index (χ1) is 14.5. The average Bonchev–Trinajstić information content (AvgIpc) is 3.16. The highest BCUT2D eigenvalue weighted by Gasteiger charge is 2.16. The summed E-state index contributed by atoms with van der Waals surface area (Å²) in [6.45, 7) is 3.25. The standard InChI is InChI=1S/C22H17N5O3/c1-12-13(2)25-19-9-14(7-8-18(19)24-12)22(29)30-11-20(28)15(10-23)21-26-16-5-3-4-6-17(16)27-21/h3-9,28H,11H2,1-2H3,(H,26,27)/b20-15-. The first-order valence-corrected chi connectivity index (χ1v) is 9.15. The zero-order valence-electron chi connectivity index (χ0n) is 16.3. The maximum atomic E-state index is 12.4. The Balaban J connectivity index is 1.55. The number of rotatable bonds is 4. The van der Waals surface area contributed by atoms with Gasteiger partial charge in [0, 0.05) is 0 Å². The maximum absolute atomic E-state index is 12.4. The first kappa shape index (κ1) is 19.1. The van der Waals surface area contributed by atoms with Crippen LogP contribution in [0.2, 0.25) is 0 Å². The molecule has 0 unspecified atom stereocenters. The quantitative estimate of drug-likeness (QED) is 0.304. The number of benzene rings is 2. The Bertz CT molecular complexity index is 1330. The lowest BCUT2D eigenvalue weighted by atomic mass is 10.2. The van der Waals surface area contributed by atoms with Crippen LogP contribution in [0.4, 0.5) is 0 Å². The smallest absolute Gasteiger partial charge is 0.338 e. The van der Waals surface area contributed by atoms with Gasteiger partial charge in [-0.15, -0.1) is 0 Å². The van der Waals surface area contributed by atoms with Gasteiger partial charge in [-0.05, 0) is 44.2 Å². The van der Waals surface area contributed by atoms with Crippen molar-refractivity contribution in [3.8, 4) is 6.07 Å². The predicted molar refractivity (Wildman–Crippen MR) is 111 cm³/mol. The molecule has 0 saturated carbocycles. The molecule has 0 fully saturated rings. The van der Waals surface area contributed by atoms with Gasteiger partial charge in [0.2, 0.25) is 0 Å². The van der Waals surface area contributed by atoms with E-state index in [4.69, 9.17) is 4.74 Å². The number of carbonyl (C=O) groups is 1. The summed E-state index contributed by atoms with van der Waals surface area (Å²) in [5, 5.41) is 19.8. The van der Waals surface area contributed by atoms with E-state index < -0.39 is 18.3 Å². The van der Waals surface area contributed by atoms with Crippen LogP contribution in [-0.2, 0) is 4.74 Å². The lowest BCUT2D eigenvalue weighted by molar-refractivity contribution is 0.0503. The number of aliphatic hydroxyl groups excluding tert-OH is 1. The van der Waals surface area contributed by atoms with Gasteiger partial charge in [-0.2, -0.15) is 5.26 Å². The summed E-state index contributed by atoms with van der Waals surface area (Å²) in [5.74, 6) is -0.832. The Morgan fingerprint density at radius 2 is 1.80 bits per heavy atom. The van der Waals surface area contributed by atoms with Crippen molar-refractivity contribution in [3.63, 3.8) is 0 Å². The van der Waals surface area contributed by atoms with Crippen molar-refractivity contribution >= 4 is 33.6 Å². The van der Waals surface area contributed by atoms with Gasteiger partial charge >= 0.3 is 5.97 Å². The molecule has 0 aliphatic heterocycles. The van der Waals surface area contributed by atoms with Gasteiger partial charge < -0.3 is 14.8 Å². The number of ether oxygens (including phenoxy) is 1. The number of para-hydroxylation sites is 2. The van der Waals surface area contributed by atoms with E-state index in [1.807, 2.05) is 38.1 Å². The molecule has 0 amide bonds. The molecule has 2 aromatic heterocycles. The Labute approximate surface area is 171 Å². The number of aryl methyl sites for hydroxylation is 2. The van der Waals surface area contributed by atoms with Gasteiger partial charge in [0.1, 0.15) is 18.2 Å². The van der Waals surface area contributed by atoms with Gasteiger partial charge in [-0.3, -0.25) is 0 Å². The van der Waals surface area contributed by atoms with Crippen LogP contribution in [-0.4, -0.2) is 37.6 Å². The van der Waals surface area contributed by atoms with Crippen molar-refractivity contribution in [2.45, 2.75) is 13.8 Å². The molecule has 0 bridgehead atoms. The Morgan fingerprint density at radius 3 is 2.53 bits per heavy atom. The molecule has 2 N–H and O–H groups in total. The van der Waals surface area contributed by atoms with E-state index in [1.165, 1.54) is 0 Å². The third kappa shape index (κ3) is 3.56. The fourth-order valence-corrected chi connectivity index (χ4v) is 2.97. The maximum Gasteiger partial charge on any atom is 0.338 e. The minimum absolute atomic E-state index is 0.0884. The van der Waals surface area contributed by atoms with Crippen LogP contribution in [0.25, 0.3) is 27.6 Å². The zero-order chi connectivity index (χ0) is 21.3. The number of imidazole rings is 1. The van der Waals surface area contributed by atoms with Crippen LogP contribution in [0.1, 0.15) is 27.6 Å². The third-order valence-corrected chi connectivity index (χ3v) is 4.68. The number of carbonyl (C=O) groups excluding carboxylic acids is 1. The van der Waals surface area contributed by atoms with Gasteiger partial charge in [-0.1, -0.05) is 12.1 Å². The molecule has 30 heavy (non-hydrogen) atoms. The van der Waals surface area contributed by atoms with Crippen molar-refractivity contribution in [3.05, 3.63) is 71.0 Å². The number of nitrogens with zero attached hydrogens (tertiary/aromatic N) is 4. The molecule has 0 spiro atoms. The van der Waals surface area contributed by atoms with E-state index >= 15 is 0 Å². The van der Waals surface area contributed by atoms with Crippen molar-refractivity contribution in [2.24, 2.45) is 0 Å². The fourth-order valence-electron chi connectivity index (χ4n) is 2.97. The van der Waals surface area contributed by atoms with E-state index in [-0.39, 0.29) is 17.0 Å². The van der Waals surface area contributed by atoms with Gasteiger partial charge in [0.25, 0.3) is 0 Å². The number of hydrogen-bond donors (Lipinski definition) is 2. The number of nitriles is 1. The molecule has 0 aliphatic carbocycles. The normalized spacial score (nSPS) is 11.9. The van der Waals surface area contributed by atoms with Crippen LogP contribution in [0, 0.1) is 25.2 Å². The van der Waals surface area contributed by atoms with Crippen LogP contribution in [0.3, 0.4) is 0 Å². The minimum atomic E-state index is -0.648. The lowest BCUT2D eigenvalue weighted by Gasteiger charge is -2.07. The van der Waals surface area contributed by atoms with Crippen molar-refractivity contribution in [2.75, 3.05) is 6.61 Å². The second-order valence-corrected chi connectivity index (χ2v) is 6.71. The van der Waals surface area contributed by atoms with E-state index in [9.17, 15) is 15.2 Å². The molecule has 0 aliphatic rings. The van der Waals surface area contributed by atoms with Crippen molar-refractivity contribution in [1.82, 2.24) is 19.9 Å². The summed E-state index contributed by atoms with van der Waals surface area (Å²) in [5.41, 5.74) is 4.42. The van der Waals surface area contributed by atoms with Crippen LogP contribution < -0.4 is 0 Å². The van der Waals surface area contributed by atoms with Crippen molar-refractivity contribution < 1.29 is 14.6 Å². The van der Waals surface area contributed by atoms with Crippen LogP contribution >= 0.6 is 0 Å². The predicted octanol–water partition coefficient (Wildman–Crippen LogP) is 3.77. The number of aromatic nitrogens is 4. The molecular weight excluding hydrogens is 382 g/mol. The zero-order valence-corrected chi connectivity index (χ0v) is 16.3. The monoisotopic (exact) mass is 399 g/mol. The third-order valence-electron chi connectivity index (χ3n) is 4.68. The summed E-state index contributed by atoms with van der Waals surface area (Å²) < 4.78 is 5.18. The molecule has 2 aromatic carbocycles. The Kier molecular flexibility index (Phi) is 4.86. The number of hydrogen-bond acceptors (Lipinski definition) is 7. The second kappa shape index (κ2) is 7.64. The van der Waals surface area contributed by atoms with E-state index in [2.05, 4.69) is 19.9 Å². The molecule has 0 atom stereocenters. The largest absolute Gasteiger partial charge is 0.507 e. The number of fused-ring (bicyclic) bond motifs is 2. The molecule has 0 radical (unpaired) electrons. The molecule has 2 heterocycles. The summed E-state index contributed by atoms with van der Waals surface area (Å²) >= 11 is 0. The topological polar surface area (TPSA) is 125 Å². The summed E-state index contributed by atoms with van der Waals surface area (Å²) in [4.78, 5) is 28.5. The first-order valence-electron chi connectivity index (χ1n) is 9.15. The number of aromatic amines is 1. The van der Waals surface area contributed by atoms with Crippen molar-refractivity contribution in [1.29, 1.82) is 5.26 Å². The summed E-state index contributed by atoms with van der Waals surface area (Å²) in [7, 11) is 0. The van der Waals surface area contributed by atoms with Gasteiger partial charge in [0.05, 0.1) is 39.0 Å². The number of H-pyrrole nitrogens is 1. The number of nitrogens with one attached hydrogen (secondary N) is 1. The minimum Gasteiger partial charge on any atom is -0.507 e. The SMILES string of the molecule is Cc1nc2ccc(C(=O)OC/C(O)=C(\C#N)c3nc4ccccc4[nH]3)cc2nc1C. The molecule has 4 rings (SSSR count). The summed E-state index contributed by atoms with van der Waals surface area (Å²) in [6, 6.07) is 14.0. The van der Waals surface area contributed by atoms with Gasteiger partial charge in [0.15, 0.2) is 11.6 Å². The highest BCUT2D eigenvalue weighted by atomic mass is 16.5. The summed E-state index contributed by atoms with van der Waals surface area (Å²) in [6.07, 6.45) is 0. The van der Waals surface area contributed by atoms with E-state index in [0.29, 0.717) is 16.6 Å². The molecular formula is C22H17N5O3. The fraction of sp³-hybridized carbons (Fsp3) is 0.136. The Morgan fingerprint density at radius 1 is 1.07 bits per heavy atom. The highest BCUT2D eigenvalue weighted by molar-refractivity contribution is 5.93. The molecule has 8 heteroatoms. The van der Waals surface area contributed by atoms with Gasteiger partial charge in [-0.25, -0.2) is 19.7 Å². The second-order valence-electron chi connectivity index (χ2n) is 6.71. The Hall–Kier alpha value is -4.25. The van der Waals surface area contributed by atoms with E-state index in [0.717, 1.165) is 16.9 Å². The molecule has 148 valence electrons. The lowest BCUT2D eigenvalue weighted by Crippen LogP contribution is -2.09. The molecule has 4 aromatic rings. The highest BCUT2D eigenvalue weighted by Crippen LogP contribution is 2.20. The number of aliphatic hydroxyl groups is 1. The molecule has 0 saturated heterocycles.